The molecule has 0 spiro atoms. The smallest absolute Gasteiger partial charge is 0.270 e. The summed E-state index contributed by atoms with van der Waals surface area (Å²) in [6.45, 7) is 4.96. The number of hydrogen-bond acceptors (Lipinski definition) is 4. The highest BCUT2D eigenvalue weighted by Gasteiger charge is 2.35. The highest BCUT2D eigenvalue weighted by atomic mass is 16.2. The normalized spacial score (nSPS) is 31.1. The first kappa shape index (κ1) is 14.5. The van der Waals surface area contributed by atoms with Crippen LogP contribution in [0.5, 0.6) is 0 Å². The predicted molar refractivity (Wildman–Crippen MR) is 69.7 cm³/mol. The Morgan fingerprint density at radius 3 is 2.88 bits per heavy atom. The molecule has 3 unspecified atom stereocenters. The van der Waals surface area contributed by atoms with Crippen molar-refractivity contribution in [1.29, 1.82) is 0 Å². The zero-order chi connectivity index (χ0) is 13.1. The molecule has 0 aromatic rings. The van der Waals surface area contributed by atoms with Gasteiger partial charge in [0.2, 0.25) is 5.91 Å². The second-order valence-corrected chi connectivity index (χ2v) is 5.60. The van der Waals surface area contributed by atoms with E-state index in [1.165, 1.54) is 0 Å². The summed E-state index contributed by atoms with van der Waals surface area (Å²) in [7, 11) is 0.193. The van der Waals surface area contributed by atoms with E-state index >= 15 is 0 Å². The van der Waals surface area contributed by atoms with Gasteiger partial charge in [0.05, 0.1) is 6.04 Å². The highest BCUT2D eigenvalue weighted by molar-refractivity contribution is 6.25. The van der Waals surface area contributed by atoms with Gasteiger partial charge in [0.25, 0.3) is 7.48 Å². The lowest BCUT2D eigenvalue weighted by Gasteiger charge is -2.43. The Hall–Kier alpha value is -0.585. The molecule has 5 N–H and O–H groups in total. The fraction of sp³-hybridized carbons (Fsp3) is 0.909. The van der Waals surface area contributed by atoms with Gasteiger partial charge >= 0.3 is 0 Å². The molecule has 5 nitrogen and oxygen atoms in total. The van der Waals surface area contributed by atoms with E-state index in [1.807, 2.05) is 6.92 Å². The van der Waals surface area contributed by atoms with Crippen LogP contribution in [0, 0.1) is 5.92 Å². The van der Waals surface area contributed by atoms with E-state index in [0.29, 0.717) is 19.0 Å². The number of piperidine rings is 1. The monoisotopic (exact) mass is 241 g/mol. The van der Waals surface area contributed by atoms with Crippen LogP contribution in [-0.4, -0.2) is 48.0 Å². The van der Waals surface area contributed by atoms with Gasteiger partial charge in [0.1, 0.15) is 0 Å². The summed E-state index contributed by atoms with van der Waals surface area (Å²) in [6, 6.07) is -0.470. The van der Waals surface area contributed by atoms with Gasteiger partial charge < -0.3 is 21.4 Å². The van der Waals surface area contributed by atoms with E-state index in [9.17, 15) is 4.79 Å². The van der Waals surface area contributed by atoms with Gasteiger partial charge in [-0.15, -0.1) is 0 Å². The minimum absolute atomic E-state index is 0.0321. The number of rotatable bonds is 4. The lowest BCUT2D eigenvalue weighted by Crippen LogP contribution is -2.59. The molecule has 3 atom stereocenters. The van der Waals surface area contributed by atoms with Gasteiger partial charge in [-0.3, -0.25) is 4.79 Å². The number of nitrogens with two attached hydrogens (primary N) is 2. The molecule has 1 heterocycles. The Morgan fingerprint density at radius 2 is 2.35 bits per heavy atom. The second kappa shape index (κ2) is 5.84. The van der Waals surface area contributed by atoms with Gasteiger partial charge in [-0.1, -0.05) is 12.7 Å². The quantitative estimate of drug-likeness (QED) is 0.553. The van der Waals surface area contributed by atoms with Crippen molar-refractivity contribution in [2.24, 2.45) is 17.4 Å². The van der Waals surface area contributed by atoms with E-state index < -0.39 is 6.04 Å². The fourth-order valence-corrected chi connectivity index (χ4v) is 2.63. The van der Waals surface area contributed by atoms with Crippen molar-refractivity contribution < 1.29 is 9.82 Å². The van der Waals surface area contributed by atoms with Crippen LogP contribution in [0.1, 0.15) is 26.7 Å². The van der Waals surface area contributed by atoms with Crippen molar-refractivity contribution in [3.05, 3.63) is 0 Å². The van der Waals surface area contributed by atoms with Crippen LogP contribution < -0.4 is 11.5 Å². The molecule has 17 heavy (non-hydrogen) atoms. The Bertz CT molecular complexity index is 271. The fourth-order valence-electron chi connectivity index (χ4n) is 2.63. The maximum absolute atomic E-state index is 11.9. The predicted octanol–water partition coefficient (Wildman–Crippen LogP) is -0.948. The topological polar surface area (TPSA) is 92.6 Å². The van der Waals surface area contributed by atoms with E-state index in [1.54, 1.807) is 11.8 Å². The van der Waals surface area contributed by atoms with Crippen molar-refractivity contribution in [2.75, 3.05) is 13.1 Å². The molecule has 0 aliphatic carbocycles. The summed E-state index contributed by atoms with van der Waals surface area (Å²) in [5.41, 5.74) is 11.5. The zero-order valence-electron chi connectivity index (χ0n) is 10.9. The van der Waals surface area contributed by atoms with E-state index in [2.05, 4.69) is 0 Å². The van der Waals surface area contributed by atoms with Gasteiger partial charge in [-0.25, -0.2) is 0 Å². The summed E-state index contributed by atoms with van der Waals surface area (Å²) in [4.78, 5) is 13.7. The van der Waals surface area contributed by atoms with E-state index in [0.717, 1.165) is 19.2 Å². The molecule has 0 radical (unpaired) electrons. The molecule has 6 heteroatoms. The van der Waals surface area contributed by atoms with Gasteiger partial charge in [0.15, 0.2) is 0 Å². The molecule has 1 amide bonds. The van der Waals surface area contributed by atoms with Crippen molar-refractivity contribution in [3.8, 4) is 0 Å². The van der Waals surface area contributed by atoms with E-state index in [4.69, 9.17) is 16.5 Å². The van der Waals surface area contributed by atoms with Crippen molar-refractivity contribution in [2.45, 2.75) is 44.6 Å². The molecule has 0 aromatic carbocycles. The molecule has 1 saturated heterocycles. The number of likely N-dealkylation sites (tertiary alicyclic amines) is 1. The summed E-state index contributed by atoms with van der Waals surface area (Å²) in [5.74, 6) is 0.337. The Morgan fingerprint density at radius 1 is 1.71 bits per heavy atom. The summed E-state index contributed by atoms with van der Waals surface area (Å²) in [5, 5.41) is 8.86. The lowest BCUT2D eigenvalue weighted by atomic mass is 9.78. The van der Waals surface area contributed by atoms with Gasteiger partial charge in [-0.2, -0.15) is 0 Å². The number of carbonyl (C=O) groups is 1. The zero-order valence-corrected chi connectivity index (χ0v) is 10.9. The minimum Gasteiger partial charge on any atom is -0.454 e. The molecule has 0 saturated carbocycles. The molecule has 0 aromatic heterocycles. The lowest BCUT2D eigenvalue weighted by molar-refractivity contribution is -0.135. The largest absolute Gasteiger partial charge is 0.454 e. The second-order valence-electron chi connectivity index (χ2n) is 5.60. The molecule has 98 valence electrons. The molecular formula is C11H24BN3O2. The molecular weight excluding hydrogens is 217 g/mol. The Balaban J connectivity index is 2.64. The van der Waals surface area contributed by atoms with Crippen LogP contribution in [0.2, 0.25) is 6.32 Å². The third kappa shape index (κ3) is 4.29. The molecule has 1 aliphatic heterocycles. The summed E-state index contributed by atoms with van der Waals surface area (Å²) >= 11 is 0. The van der Waals surface area contributed by atoms with Gasteiger partial charge in [-0.05, 0) is 26.2 Å². The van der Waals surface area contributed by atoms with Crippen molar-refractivity contribution in [3.63, 3.8) is 0 Å². The molecule has 1 rings (SSSR count). The summed E-state index contributed by atoms with van der Waals surface area (Å²) < 4.78 is 0. The first-order valence-electron chi connectivity index (χ1n) is 6.30. The van der Waals surface area contributed by atoms with E-state index in [-0.39, 0.29) is 18.9 Å². The van der Waals surface area contributed by atoms with Gasteiger partial charge in [0, 0.05) is 18.6 Å². The SMILES string of the molecule is CC(N)C(=O)N1CC(CCBO)CC(C)(N)C1. The van der Waals surface area contributed by atoms with Crippen LogP contribution in [0.15, 0.2) is 0 Å². The number of amides is 1. The molecule has 1 aliphatic rings. The third-order valence-electron chi connectivity index (χ3n) is 3.26. The van der Waals surface area contributed by atoms with Crippen LogP contribution in [0.3, 0.4) is 0 Å². The van der Waals surface area contributed by atoms with Crippen LogP contribution in [-0.2, 0) is 4.79 Å². The Labute approximate surface area is 104 Å². The summed E-state index contributed by atoms with van der Waals surface area (Å²) in [6.07, 6.45) is 2.57. The average Bonchev–Trinajstić information content (AvgIpc) is 2.23. The standard InChI is InChI=1S/C11H24BN3O2/c1-8(13)10(16)15-6-9(3-4-12-17)5-11(2,14)7-15/h8-9,12,17H,3-7,13-14H2,1-2H3. The van der Waals surface area contributed by atoms with Crippen LogP contribution in [0.4, 0.5) is 0 Å². The maximum Gasteiger partial charge on any atom is 0.270 e. The van der Waals surface area contributed by atoms with Crippen molar-refractivity contribution >= 4 is 13.4 Å². The number of carbonyl (C=O) groups excluding carboxylic acids is 1. The van der Waals surface area contributed by atoms with Crippen LogP contribution in [0.25, 0.3) is 0 Å². The Kier molecular flexibility index (Phi) is 4.97. The number of hydrogen-bond donors (Lipinski definition) is 3. The average molecular weight is 241 g/mol. The molecule has 1 fully saturated rings. The first-order chi connectivity index (χ1) is 7.85. The number of nitrogens with zero attached hydrogens (tertiary/aromatic N) is 1. The minimum atomic E-state index is -0.470. The molecule has 0 bridgehead atoms. The third-order valence-corrected chi connectivity index (χ3v) is 3.26. The first-order valence-corrected chi connectivity index (χ1v) is 6.30. The maximum atomic E-state index is 11.9. The van der Waals surface area contributed by atoms with Crippen LogP contribution >= 0.6 is 0 Å². The highest BCUT2D eigenvalue weighted by Crippen LogP contribution is 2.27. The van der Waals surface area contributed by atoms with Crippen molar-refractivity contribution in [1.82, 2.24) is 4.90 Å².